The highest BCUT2D eigenvalue weighted by Crippen LogP contribution is 2.29. The summed E-state index contributed by atoms with van der Waals surface area (Å²) in [7, 11) is 0. The minimum absolute atomic E-state index is 0.0216. The van der Waals surface area contributed by atoms with Crippen LogP contribution in [0.1, 0.15) is 92.7 Å². The van der Waals surface area contributed by atoms with Crippen LogP contribution >= 0.6 is 0 Å². The van der Waals surface area contributed by atoms with Crippen molar-refractivity contribution in [3.63, 3.8) is 0 Å². The quantitative estimate of drug-likeness (QED) is 0.189. The molecule has 0 aliphatic rings. The molecule has 252 valence electrons. The maximum Gasteiger partial charge on any atom is 0.422 e. The lowest BCUT2D eigenvalue weighted by Gasteiger charge is -2.14. The minimum Gasteiger partial charge on any atom is -0.484 e. The van der Waals surface area contributed by atoms with Gasteiger partial charge in [-0.3, -0.25) is 0 Å². The van der Waals surface area contributed by atoms with Crippen molar-refractivity contribution in [2.24, 2.45) is 0 Å². The molecule has 0 radical (unpaired) electrons. The van der Waals surface area contributed by atoms with Crippen LogP contribution in [0.15, 0.2) is 36.4 Å². The fourth-order valence-corrected chi connectivity index (χ4v) is 5.00. The van der Waals surface area contributed by atoms with Gasteiger partial charge in [-0.25, -0.2) is 22.0 Å². The number of nitrogens with two attached hydrogens (primary N) is 1. The van der Waals surface area contributed by atoms with E-state index in [1.807, 2.05) is 48.5 Å². The summed E-state index contributed by atoms with van der Waals surface area (Å²) in [6.07, 6.45) is -6.85. The van der Waals surface area contributed by atoms with Gasteiger partial charge in [0.15, 0.2) is 6.61 Å². The molecule has 3 N–H and O–H groups in total. The molecule has 3 aromatic rings. The van der Waals surface area contributed by atoms with Crippen molar-refractivity contribution < 1.29 is 39.9 Å². The van der Waals surface area contributed by atoms with E-state index >= 15 is 0 Å². The van der Waals surface area contributed by atoms with E-state index in [0.717, 1.165) is 22.8 Å². The van der Waals surface area contributed by atoms with Crippen LogP contribution in [0.5, 0.6) is 5.75 Å². The van der Waals surface area contributed by atoms with E-state index in [0.29, 0.717) is 28.1 Å². The van der Waals surface area contributed by atoms with Gasteiger partial charge < -0.3 is 15.8 Å². The van der Waals surface area contributed by atoms with Crippen LogP contribution in [-0.2, 0) is 0 Å². The number of halogens is 8. The Hall–Kier alpha value is -3.50. The van der Waals surface area contributed by atoms with Crippen LogP contribution in [0, 0.1) is 38.2 Å². The van der Waals surface area contributed by atoms with Crippen molar-refractivity contribution in [2.75, 3.05) is 24.2 Å². The summed E-state index contributed by atoms with van der Waals surface area (Å²) in [5.41, 5.74) is 10.6. The van der Waals surface area contributed by atoms with Crippen LogP contribution in [0.3, 0.4) is 0 Å². The molecule has 0 amide bonds. The van der Waals surface area contributed by atoms with Gasteiger partial charge in [0.05, 0.1) is 6.54 Å². The minimum atomic E-state index is -4.42. The molecule has 0 bridgehead atoms. The second-order valence-electron chi connectivity index (χ2n) is 11.7. The molecular formula is C34H44F8N2O. The Morgan fingerprint density at radius 1 is 0.667 bits per heavy atom. The predicted molar refractivity (Wildman–Crippen MR) is 166 cm³/mol. The number of aryl methyl sites for hydroxylation is 3. The van der Waals surface area contributed by atoms with Gasteiger partial charge in [0.2, 0.25) is 0 Å². The fourth-order valence-electron chi connectivity index (χ4n) is 5.00. The normalized spacial score (nSPS) is 11.4. The molecule has 0 heterocycles. The summed E-state index contributed by atoms with van der Waals surface area (Å²) < 4.78 is 105. The number of rotatable bonds is 8. The Morgan fingerprint density at radius 2 is 1.09 bits per heavy atom. The molecule has 3 rings (SSSR count). The molecule has 0 aliphatic carbocycles. The highest BCUT2D eigenvalue weighted by Gasteiger charge is 2.28. The van der Waals surface area contributed by atoms with Crippen molar-refractivity contribution in [1.82, 2.24) is 0 Å². The van der Waals surface area contributed by atoms with E-state index in [1.165, 1.54) is 18.2 Å². The number of anilines is 2. The first-order chi connectivity index (χ1) is 20.6. The molecular weight excluding hydrogens is 604 g/mol. The average molecular weight is 649 g/mol. The van der Waals surface area contributed by atoms with Crippen LogP contribution in [0.4, 0.5) is 46.5 Å². The Labute approximate surface area is 261 Å². The zero-order valence-electron chi connectivity index (χ0n) is 27.2. The van der Waals surface area contributed by atoms with Crippen molar-refractivity contribution in [2.45, 2.75) is 92.7 Å². The Morgan fingerprint density at radius 3 is 1.47 bits per heavy atom. The van der Waals surface area contributed by atoms with Gasteiger partial charge in [0, 0.05) is 17.4 Å². The molecule has 3 nitrogen and oxygen atoms in total. The third-order valence-corrected chi connectivity index (χ3v) is 6.60. The zero-order valence-corrected chi connectivity index (χ0v) is 27.2. The molecule has 0 atom stereocenters. The summed E-state index contributed by atoms with van der Waals surface area (Å²) in [5.74, 6) is -0.880. The molecule has 0 aliphatic heterocycles. The van der Waals surface area contributed by atoms with E-state index in [1.54, 1.807) is 26.0 Å². The number of alkyl halides is 5. The number of hydrogen-bond donors (Lipinski definition) is 2. The Balaban J connectivity index is 0.000000343. The zero-order chi connectivity index (χ0) is 34.8. The van der Waals surface area contributed by atoms with E-state index in [9.17, 15) is 35.1 Å². The van der Waals surface area contributed by atoms with Gasteiger partial charge in [-0.05, 0) is 102 Å². The molecule has 0 aromatic heterocycles. The first-order valence-corrected chi connectivity index (χ1v) is 14.5. The monoisotopic (exact) mass is 648 g/mol. The van der Waals surface area contributed by atoms with E-state index in [4.69, 9.17) is 5.73 Å². The SMILES string of the molecule is Cc1cc(N)cc(F)c1C(C)C.Cc1cc(NCC(F)F)cc(F)c1C(C)C.Cc1cc(OCC(F)(F)F)cc(F)c1C(C)C. The number of ether oxygens (including phenoxy) is 1. The lowest BCUT2D eigenvalue weighted by Crippen LogP contribution is -2.19. The third-order valence-electron chi connectivity index (χ3n) is 6.60. The molecule has 11 heteroatoms. The highest BCUT2D eigenvalue weighted by atomic mass is 19.4. The molecule has 45 heavy (non-hydrogen) atoms. The molecule has 0 unspecified atom stereocenters. The van der Waals surface area contributed by atoms with E-state index < -0.39 is 31.6 Å². The molecule has 0 saturated carbocycles. The van der Waals surface area contributed by atoms with Gasteiger partial charge >= 0.3 is 6.18 Å². The van der Waals surface area contributed by atoms with Crippen molar-refractivity contribution in [3.8, 4) is 5.75 Å². The summed E-state index contributed by atoms with van der Waals surface area (Å²) >= 11 is 0. The number of hydrogen-bond acceptors (Lipinski definition) is 3. The summed E-state index contributed by atoms with van der Waals surface area (Å²) in [5, 5.41) is 2.50. The van der Waals surface area contributed by atoms with Crippen LogP contribution in [0.2, 0.25) is 0 Å². The second-order valence-corrected chi connectivity index (χ2v) is 11.7. The lowest BCUT2D eigenvalue weighted by molar-refractivity contribution is -0.153. The fraction of sp³-hybridized carbons (Fsp3) is 0.471. The first kappa shape index (κ1) is 39.5. The van der Waals surface area contributed by atoms with E-state index in [-0.39, 0.29) is 35.1 Å². The van der Waals surface area contributed by atoms with Crippen molar-refractivity contribution >= 4 is 11.4 Å². The maximum atomic E-state index is 13.7. The number of benzene rings is 3. The van der Waals surface area contributed by atoms with Gasteiger partial charge in [-0.2, -0.15) is 13.2 Å². The summed E-state index contributed by atoms with van der Waals surface area (Å²) in [4.78, 5) is 0. The topological polar surface area (TPSA) is 47.3 Å². The third kappa shape index (κ3) is 13.2. The molecule has 0 fully saturated rings. The number of nitrogens with one attached hydrogen (secondary N) is 1. The standard InChI is InChI=1S/C12H14F4O.C12H16F3N.C10H14FN/c1-7(2)11-8(3)4-9(5-10(11)13)17-6-12(14,15)16;1-7(2)12-8(3)4-9(5-10(12)13)16-6-11(14)15;1-6(2)10-7(3)4-8(12)5-9(10)11/h4-5,7H,6H2,1-3H3;4-5,7,11,16H,6H2,1-3H3;4-6H,12H2,1-3H3. The van der Waals surface area contributed by atoms with Crippen LogP contribution < -0.4 is 15.8 Å². The molecule has 0 spiro atoms. The van der Waals surface area contributed by atoms with Crippen LogP contribution in [-0.4, -0.2) is 25.8 Å². The predicted octanol–water partition coefficient (Wildman–Crippen LogP) is 11.0. The Kier molecular flexibility index (Phi) is 15.2. The van der Waals surface area contributed by atoms with Crippen molar-refractivity contribution in [3.05, 3.63) is 87.2 Å². The largest absolute Gasteiger partial charge is 0.484 e. The second kappa shape index (κ2) is 17.3. The van der Waals surface area contributed by atoms with E-state index in [2.05, 4.69) is 10.1 Å². The van der Waals surface area contributed by atoms with Gasteiger partial charge in [0.25, 0.3) is 6.43 Å². The van der Waals surface area contributed by atoms with Gasteiger partial charge in [0.1, 0.15) is 23.2 Å². The summed E-state index contributed by atoms with van der Waals surface area (Å²) in [6.45, 7) is 14.8. The average Bonchev–Trinajstić information content (AvgIpc) is 2.84. The smallest absolute Gasteiger partial charge is 0.422 e. The molecule has 3 aromatic carbocycles. The van der Waals surface area contributed by atoms with Gasteiger partial charge in [-0.1, -0.05) is 41.5 Å². The first-order valence-electron chi connectivity index (χ1n) is 14.5. The van der Waals surface area contributed by atoms with Crippen molar-refractivity contribution in [1.29, 1.82) is 0 Å². The molecule has 0 saturated heterocycles. The highest BCUT2D eigenvalue weighted by molar-refractivity contribution is 5.50. The van der Waals surface area contributed by atoms with Crippen LogP contribution in [0.25, 0.3) is 0 Å². The number of nitrogen functional groups attached to an aromatic ring is 1. The Bertz CT molecular complexity index is 1320. The summed E-state index contributed by atoms with van der Waals surface area (Å²) in [6, 6.07) is 8.56. The maximum absolute atomic E-state index is 13.7. The van der Waals surface area contributed by atoms with Gasteiger partial charge in [-0.15, -0.1) is 0 Å². The lowest BCUT2D eigenvalue weighted by atomic mass is 9.97.